The van der Waals surface area contributed by atoms with Crippen molar-refractivity contribution in [1.29, 1.82) is 0 Å². The minimum absolute atomic E-state index is 0.145. The number of aliphatic imine (C=N–C) groups is 1. The molecule has 4 rings (SSSR count). The van der Waals surface area contributed by atoms with E-state index in [1.54, 1.807) is 12.1 Å². The molecule has 1 saturated carbocycles. The Balaban J connectivity index is 1.65. The largest absolute Gasteiger partial charge is 0.433 e. The number of rotatable bonds is 4. The molecule has 144 valence electrons. The highest BCUT2D eigenvalue weighted by Gasteiger charge is 2.21. The van der Waals surface area contributed by atoms with Gasteiger partial charge in [0.05, 0.1) is 23.3 Å². The first-order valence-corrected chi connectivity index (χ1v) is 9.18. The summed E-state index contributed by atoms with van der Waals surface area (Å²) in [6, 6.07) is 9.83. The van der Waals surface area contributed by atoms with Crippen LogP contribution >= 0.6 is 0 Å². The van der Waals surface area contributed by atoms with Crippen LogP contribution in [0, 0.1) is 10.1 Å². The Bertz CT molecular complexity index is 1050. The second-order valence-electron chi connectivity index (χ2n) is 6.71. The SMILES string of the molecule is O=C(NC1CCCCC1)n1c(N=Cc2ccc([N+](=O)[O-])o2)nc2ccccc21. The monoisotopic (exact) mass is 381 g/mol. The standard InChI is InChI=1S/C19H19N5O4/c25-19(21-13-6-2-1-3-7-13)23-16-9-5-4-8-15(16)22-18(23)20-12-14-10-11-17(28-14)24(26)27/h4-5,8-13H,1-3,6-7H2,(H,21,25). The van der Waals surface area contributed by atoms with Crippen LogP contribution in [-0.2, 0) is 0 Å². The lowest BCUT2D eigenvalue weighted by molar-refractivity contribution is -0.402. The molecule has 0 aliphatic heterocycles. The number of carbonyl (C=O) groups is 1. The number of hydrogen-bond donors (Lipinski definition) is 1. The molecule has 1 aromatic carbocycles. The summed E-state index contributed by atoms with van der Waals surface area (Å²) < 4.78 is 6.51. The normalized spacial score (nSPS) is 15.3. The average molecular weight is 381 g/mol. The number of carbonyl (C=O) groups excluding carboxylic acids is 1. The lowest BCUT2D eigenvalue weighted by Crippen LogP contribution is -2.38. The van der Waals surface area contributed by atoms with Gasteiger partial charge < -0.3 is 9.73 Å². The van der Waals surface area contributed by atoms with Gasteiger partial charge in [0.25, 0.3) is 0 Å². The molecule has 0 unspecified atom stereocenters. The lowest BCUT2D eigenvalue weighted by atomic mass is 9.96. The van der Waals surface area contributed by atoms with Gasteiger partial charge >= 0.3 is 11.9 Å². The number of benzene rings is 1. The predicted octanol–water partition coefficient (Wildman–Crippen LogP) is 4.18. The molecule has 1 N–H and O–H groups in total. The van der Waals surface area contributed by atoms with E-state index < -0.39 is 4.92 Å². The average Bonchev–Trinajstić information content (AvgIpc) is 3.31. The zero-order valence-corrected chi connectivity index (χ0v) is 15.1. The summed E-state index contributed by atoms with van der Waals surface area (Å²) in [6.07, 6.45) is 6.67. The quantitative estimate of drug-likeness (QED) is 0.413. The van der Waals surface area contributed by atoms with Gasteiger partial charge in [-0.05, 0) is 31.0 Å². The molecule has 0 bridgehead atoms. The fraction of sp³-hybridized carbons (Fsp3) is 0.316. The van der Waals surface area contributed by atoms with Crippen LogP contribution in [0.4, 0.5) is 16.6 Å². The molecular weight excluding hydrogens is 362 g/mol. The second-order valence-corrected chi connectivity index (χ2v) is 6.71. The Morgan fingerprint density at radius 2 is 2.04 bits per heavy atom. The number of hydrogen-bond acceptors (Lipinski definition) is 6. The summed E-state index contributed by atoms with van der Waals surface area (Å²) >= 11 is 0. The number of nitrogens with one attached hydrogen (secondary N) is 1. The minimum atomic E-state index is -0.621. The number of amides is 1. The van der Waals surface area contributed by atoms with E-state index in [4.69, 9.17) is 4.42 Å². The third-order valence-electron chi connectivity index (χ3n) is 4.78. The Morgan fingerprint density at radius 1 is 1.25 bits per heavy atom. The van der Waals surface area contributed by atoms with Crippen LogP contribution in [0.2, 0.25) is 0 Å². The maximum absolute atomic E-state index is 12.9. The van der Waals surface area contributed by atoms with Gasteiger partial charge in [0, 0.05) is 6.04 Å². The van der Waals surface area contributed by atoms with E-state index in [-0.39, 0.29) is 29.7 Å². The number of furan rings is 1. The number of nitro groups is 1. The number of fused-ring (bicyclic) bond motifs is 1. The maximum atomic E-state index is 12.9. The van der Waals surface area contributed by atoms with E-state index in [0.29, 0.717) is 11.0 Å². The molecule has 0 radical (unpaired) electrons. The summed E-state index contributed by atoms with van der Waals surface area (Å²) in [5, 5.41) is 13.8. The van der Waals surface area contributed by atoms with Crippen LogP contribution in [0.5, 0.6) is 0 Å². The third kappa shape index (κ3) is 3.64. The van der Waals surface area contributed by atoms with Crippen molar-refractivity contribution < 1.29 is 14.1 Å². The molecule has 1 fully saturated rings. The first-order valence-electron chi connectivity index (χ1n) is 9.18. The van der Waals surface area contributed by atoms with Gasteiger partial charge in [0.2, 0.25) is 5.95 Å². The van der Waals surface area contributed by atoms with Gasteiger partial charge in [0.1, 0.15) is 4.92 Å². The molecule has 9 heteroatoms. The molecule has 2 heterocycles. The Morgan fingerprint density at radius 3 is 2.79 bits per heavy atom. The van der Waals surface area contributed by atoms with Gasteiger partial charge in [0.15, 0.2) is 5.76 Å². The van der Waals surface area contributed by atoms with Crippen molar-refractivity contribution in [3.8, 4) is 0 Å². The van der Waals surface area contributed by atoms with Gasteiger partial charge in [-0.3, -0.25) is 10.1 Å². The van der Waals surface area contributed by atoms with Gasteiger partial charge in [-0.1, -0.05) is 31.4 Å². The Hall–Kier alpha value is -3.49. The molecular formula is C19H19N5O4. The lowest BCUT2D eigenvalue weighted by Gasteiger charge is -2.23. The highest BCUT2D eigenvalue weighted by molar-refractivity contribution is 5.93. The first-order chi connectivity index (χ1) is 13.6. The van der Waals surface area contributed by atoms with Crippen molar-refractivity contribution in [2.45, 2.75) is 38.1 Å². The van der Waals surface area contributed by atoms with Gasteiger partial charge in [-0.15, -0.1) is 0 Å². The number of imidazole rings is 1. The van der Waals surface area contributed by atoms with E-state index >= 15 is 0 Å². The van der Waals surface area contributed by atoms with E-state index in [1.807, 2.05) is 12.1 Å². The van der Waals surface area contributed by atoms with Crippen LogP contribution < -0.4 is 5.32 Å². The van der Waals surface area contributed by atoms with Crippen molar-refractivity contribution in [1.82, 2.24) is 14.9 Å². The van der Waals surface area contributed by atoms with E-state index in [2.05, 4.69) is 15.3 Å². The van der Waals surface area contributed by atoms with Crippen molar-refractivity contribution in [3.63, 3.8) is 0 Å². The zero-order chi connectivity index (χ0) is 19.5. The highest BCUT2D eigenvalue weighted by atomic mass is 16.6. The summed E-state index contributed by atoms with van der Waals surface area (Å²) in [5.74, 6) is 0.0246. The molecule has 1 aliphatic rings. The van der Waals surface area contributed by atoms with Gasteiger partial charge in [-0.2, -0.15) is 0 Å². The van der Waals surface area contributed by atoms with E-state index in [1.165, 1.54) is 29.3 Å². The molecule has 0 atom stereocenters. The Labute approximate surface area is 160 Å². The molecule has 0 spiro atoms. The van der Waals surface area contributed by atoms with Crippen LogP contribution in [0.3, 0.4) is 0 Å². The van der Waals surface area contributed by atoms with Gasteiger partial charge in [-0.25, -0.2) is 19.3 Å². The van der Waals surface area contributed by atoms with E-state index in [0.717, 1.165) is 25.7 Å². The summed E-state index contributed by atoms with van der Waals surface area (Å²) in [7, 11) is 0. The van der Waals surface area contributed by atoms with Crippen LogP contribution in [0.25, 0.3) is 11.0 Å². The topological polar surface area (TPSA) is 116 Å². The Kier molecular flexibility index (Phi) is 4.88. The predicted molar refractivity (Wildman–Crippen MR) is 103 cm³/mol. The first kappa shape index (κ1) is 17.9. The maximum Gasteiger partial charge on any atom is 0.433 e. The summed E-state index contributed by atoms with van der Waals surface area (Å²) in [5.41, 5.74) is 1.28. The smallest absolute Gasteiger partial charge is 0.400 e. The summed E-state index contributed by atoms with van der Waals surface area (Å²) in [4.78, 5) is 31.7. The fourth-order valence-corrected chi connectivity index (χ4v) is 3.42. The zero-order valence-electron chi connectivity index (χ0n) is 15.1. The molecule has 2 aromatic heterocycles. The fourth-order valence-electron chi connectivity index (χ4n) is 3.42. The summed E-state index contributed by atoms with van der Waals surface area (Å²) in [6.45, 7) is 0. The van der Waals surface area contributed by atoms with Crippen molar-refractivity contribution in [2.24, 2.45) is 4.99 Å². The van der Waals surface area contributed by atoms with Crippen molar-refractivity contribution in [3.05, 3.63) is 52.3 Å². The second kappa shape index (κ2) is 7.63. The van der Waals surface area contributed by atoms with Crippen LogP contribution in [0.15, 0.2) is 45.8 Å². The van der Waals surface area contributed by atoms with Crippen molar-refractivity contribution in [2.75, 3.05) is 0 Å². The number of nitrogens with zero attached hydrogens (tertiary/aromatic N) is 4. The highest BCUT2D eigenvalue weighted by Crippen LogP contribution is 2.23. The third-order valence-corrected chi connectivity index (χ3v) is 4.78. The molecule has 3 aromatic rings. The molecule has 9 nitrogen and oxygen atoms in total. The van der Waals surface area contributed by atoms with Crippen LogP contribution in [-0.4, -0.2) is 32.8 Å². The minimum Gasteiger partial charge on any atom is -0.400 e. The molecule has 1 aliphatic carbocycles. The molecule has 0 saturated heterocycles. The van der Waals surface area contributed by atoms with Crippen molar-refractivity contribution >= 4 is 35.1 Å². The van der Waals surface area contributed by atoms with Crippen LogP contribution in [0.1, 0.15) is 37.9 Å². The molecule has 28 heavy (non-hydrogen) atoms. The van der Waals surface area contributed by atoms with E-state index in [9.17, 15) is 14.9 Å². The molecule has 1 amide bonds. The number of para-hydroxylation sites is 2. The number of aromatic nitrogens is 2.